The first-order chi connectivity index (χ1) is 12.8. The normalized spacial score (nSPS) is 23.1. The number of rotatable bonds is 4. The molecule has 2 aromatic carbocycles. The van der Waals surface area contributed by atoms with E-state index in [1.54, 1.807) is 60.7 Å². The Morgan fingerprint density at radius 3 is 2.30 bits per heavy atom. The third-order valence-corrected chi connectivity index (χ3v) is 4.52. The summed E-state index contributed by atoms with van der Waals surface area (Å²) in [5.41, 5.74) is 4.01. The maximum absolute atomic E-state index is 14.0. The zero-order valence-corrected chi connectivity index (χ0v) is 14.4. The second-order valence-corrected chi connectivity index (χ2v) is 6.34. The molecule has 3 N–H and O–H groups in total. The predicted octanol–water partition coefficient (Wildman–Crippen LogP) is 2.92. The zero-order chi connectivity index (χ0) is 19.5. The van der Waals surface area contributed by atoms with Crippen molar-refractivity contribution < 1.29 is 22.7 Å². The van der Waals surface area contributed by atoms with E-state index < -0.39 is 24.0 Å². The number of primary amides is 1. The first kappa shape index (κ1) is 19.0. The third-order valence-electron chi connectivity index (χ3n) is 4.52. The fraction of sp³-hybridized carbons (Fsp3) is 0.316. The van der Waals surface area contributed by atoms with Gasteiger partial charge in [0.05, 0.1) is 0 Å². The molecular weight excluding hydrogens is 359 g/mol. The van der Waals surface area contributed by atoms with E-state index in [4.69, 9.17) is 10.5 Å². The van der Waals surface area contributed by atoms with Gasteiger partial charge in [0.1, 0.15) is 5.75 Å². The number of nitrogens with two attached hydrogens (primary N) is 1. The number of halogens is 3. The van der Waals surface area contributed by atoms with Gasteiger partial charge in [-0.25, -0.2) is 4.79 Å². The molecule has 0 bridgehead atoms. The molecule has 1 heterocycles. The summed E-state index contributed by atoms with van der Waals surface area (Å²) in [5, 5.41) is 2.48. The molecule has 2 aromatic rings. The van der Waals surface area contributed by atoms with E-state index in [0.717, 1.165) is 4.90 Å². The highest BCUT2D eigenvalue weighted by Crippen LogP contribution is 2.38. The second kappa shape index (κ2) is 7.48. The highest BCUT2D eigenvalue weighted by Gasteiger charge is 2.61. The molecule has 144 valence electrons. The summed E-state index contributed by atoms with van der Waals surface area (Å²) in [4.78, 5) is 13.1. The van der Waals surface area contributed by atoms with Crippen molar-refractivity contribution in [3.8, 4) is 5.75 Å². The van der Waals surface area contributed by atoms with Crippen LogP contribution in [0.2, 0.25) is 0 Å². The van der Waals surface area contributed by atoms with Crippen LogP contribution < -0.4 is 15.8 Å². The Kier molecular flexibility index (Phi) is 5.27. The van der Waals surface area contributed by atoms with Crippen LogP contribution in [0.4, 0.5) is 18.0 Å². The largest absolute Gasteiger partial charge is 0.465 e. The van der Waals surface area contributed by atoms with Crippen LogP contribution in [0, 0.1) is 0 Å². The Bertz CT molecular complexity index is 727. The number of nitrogens with one attached hydrogen (secondary N) is 1. The summed E-state index contributed by atoms with van der Waals surface area (Å²) in [7, 11) is 0. The molecule has 1 fully saturated rings. The number of alkyl halides is 3. The Hall–Kier alpha value is -2.74. The summed E-state index contributed by atoms with van der Waals surface area (Å²) < 4.78 is 47.8. The first-order valence-electron chi connectivity index (χ1n) is 8.48. The molecule has 5 nitrogen and oxygen atoms in total. The lowest BCUT2D eigenvalue weighted by Crippen LogP contribution is -2.76. The maximum Gasteiger partial charge on any atom is 0.409 e. The second-order valence-electron chi connectivity index (χ2n) is 6.34. The van der Waals surface area contributed by atoms with Crippen LogP contribution in [0.25, 0.3) is 0 Å². The lowest BCUT2D eigenvalue weighted by molar-refractivity contribution is -0.232. The van der Waals surface area contributed by atoms with Gasteiger partial charge in [0.15, 0.2) is 6.04 Å². The fourth-order valence-corrected chi connectivity index (χ4v) is 3.42. The van der Waals surface area contributed by atoms with Gasteiger partial charge >= 0.3 is 12.2 Å². The lowest BCUT2D eigenvalue weighted by atomic mass is 9.90. The number of carbonyl (C=O) groups is 1. The Labute approximate surface area is 154 Å². The van der Waals surface area contributed by atoms with E-state index in [1.165, 1.54) is 0 Å². The highest BCUT2D eigenvalue weighted by atomic mass is 19.4. The average molecular weight is 379 g/mol. The van der Waals surface area contributed by atoms with Gasteiger partial charge in [-0.05, 0) is 17.7 Å². The smallest absolute Gasteiger partial charge is 0.409 e. The minimum atomic E-state index is -4.66. The van der Waals surface area contributed by atoms with Gasteiger partial charge in [0, 0.05) is 19.5 Å². The van der Waals surface area contributed by atoms with Crippen LogP contribution in [0.1, 0.15) is 5.56 Å². The molecule has 0 saturated carbocycles. The Balaban J connectivity index is 2.13. The number of hydrogen-bond acceptors (Lipinski definition) is 3. The summed E-state index contributed by atoms with van der Waals surface area (Å²) >= 11 is 0. The van der Waals surface area contributed by atoms with Crippen molar-refractivity contribution in [1.82, 2.24) is 10.2 Å². The van der Waals surface area contributed by atoms with Gasteiger partial charge in [0.25, 0.3) is 0 Å². The van der Waals surface area contributed by atoms with Crippen molar-refractivity contribution in [3.63, 3.8) is 0 Å². The van der Waals surface area contributed by atoms with Crippen molar-refractivity contribution >= 4 is 6.03 Å². The van der Waals surface area contributed by atoms with Gasteiger partial charge < -0.3 is 10.5 Å². The molecule has 27 heavy (non-hydrogen) atoms. The first-order valence-corrected chi connectivity index (χ1v) is 8.48. The molecule has 1 saturated heterocycles. The van der Waals surface area contributed by atoms with Crippen LogP contribution >= 0.6 is 0 Å². The molecule has 0 spiro atoms. The fourth-order valence-electron chi connectivity index (χ4n) is 3.42. The summed E-state index contributed by atoms with van der Waals surface area (Å²) in [5.74, 6) is 0.220. The number of amides is 2. The molecule has 0 radical (unpaired) electrons. The number of piperazine rings is 1. The molecule has 2 atom stereocenters. The van der Waals surface area contributed by atoms with Crippen molar-refractivity contribution in [2.45, 2.75) is 24.4 Å². The Morgan fingerprint density at radius 2 is 1.74 bits per heavy atom. The quantitative estimate of drug-likeness (QED) is 0.858. The third kappa shape index (κ3) is 4.00. The number of nitrogens with zero attached hydrogens (tertiary/aromatic N) is 1. The topological polar surface area (TPSA) is 67.6 Å². The molecule has 8 heteroatoms. The summed E-state index contributed by atoms with van der Waals surface area (Å²) in [6.45, 7) is -0.0383. The minimum absolute atomic E-state index is 0.00157. The van der Waals surface area contributed by atoms with E-state index >= 15 is 0 Å². The van der Waals surface area contributed by atoms with Crippen LogP contribution in [0.15, 0.2) is 60.7 Å². The number of urea groups is 1. The number of para-hydroxylation sites is 1. The SMILES string of the molecule is NC(=O)N1CCNC(C(F)(F)F)C1(Cc1ccccc1)Oc1ccccc1. The highest BCUT2D eigenvalue weighted by molar-refractivity contribution is 5.73. The van der Waals surface area contributed by atoms with Crippen LogP contribution in [0.5, 0.6) is 5.75 Å². The predicted molar refractivity (Wildman–Crippen MR) is 94.1 cm³/mol. The lowest BCUT2D eigenvalue weighted by Gasteiger charge is -2.51. The van der Waals surface area contributed by atoms with Gasteiger partial charge in [-0.3, -0.25) is 10.2 Å². The van der Waals surface area contributed by atoms with Gasteiger partial charge in [-0.2, -0.15) is 13.2 Å². The van der Waals surface area contributed by atoms with E-state index in [1.807, 2.05) is 0 Å². The van der Waals surface area contributed by atoms with Crippen LogP contribution in [-0.2, 0) is 6.42 Å². The maximum atomic E-state index is 14.0. The molecular formula is C19H20F3N3O2. The molecule has 2 amide bonds. The minimum Gasteiger partial charge on any atom is -0.465 e. The van der Waals surface area contributed by atoms with Crippen molar-refractivity contribution in [1.29, 1.82) is 0 Å². The van der Waals surface area contributed by atoms with Crippen molar-refractivity contribution in [2.75, 3.05) is 13.1 Å². The van der Waals surface area contributed by atoms with Gasteiger partial charge in [0.2, 0.25) is 5.72 Å². The molecule has 0 aliphatic carbocycles. The van der Waals surface area contributed by atoms with Gasteiger partial charge in [-0.1, -0.05) is 48.5 Å². The Morgan fingerprint density at radius 1 is 1.15 bits per heavy atom. The number of ether oxygens (including phenoxy) is 1. The van der Waals surface area contributed by atoms with E-state index in [9.17, 15) is 18.0 Å². The van der Waals surface area contributed by atoms with E-state index in [0.29, 0.717) is 5.56 Å². The monoisotopic (exact) mass is 379 g/mol. The number of benzene rings is 2. The molecule has 2 unspecified atom stereocenters. The number of carbonyl (C=O) groups excluding carboxylic acids is 1. The van der Waals surface area contributed by atoms with Gasteiger partial charge in [-0.15, -0.1) is 0 Å². The molecule has 1 aliphatic heterocycles. The summed E-state index contributed by atoms with van der Waals surface area (Å²) in [6, 6.07) is 13.7. The van der Waals surface area contributed by atoms with Crippen molar-refractivity contribution in [3.05, 3.63) is 66.2 Å². The van der Waals surface area contributed by atoms with Crippen LogP contribution in [0.3, 0.4) is 0 Å². The van der Waals surface area contributed by atoms with E-state index in [-0.39, 0.29) is 25.3 Å². The standard InChI is InChI=1S/C19H20F3N3O2/c20-19(21,22)16-18(13-14-7-3-1-4-8-14,25(17(23)26)12-11-24-16)27-15-9-5-2-6-10-15/h1-10,16,24H,11-13H2,(H2,23,26). The zero-order valence-electron chi connectivity index (χ0n) is 14.4. The molecule has 1 aliphatic rings. The van der Waals surface area contributed by atoms with Crippen molar-refractivity contribution in [2.24, 2.45) is 5.73 Å². The number of hydrogen-bond donors (Lipinski definition) is 2. The molecule has 3 rings (SSSR count). The van der Waals surface area contributed by atoms with Crippen LogP contribution in [-0.4, -0.2) is 42.0 Å². The van der Waals surface area contributed by atoms with E-state index in [2.05, 4.69) is 5.32 Å². The average Bonchev–Trinajstić information content (AvgIpc) is 2.62. The molecule has 0 aromatic heterocycles. The summed E-state index contributed by atoms with van der Waals surface area (Å²) in [6.07, 6.45) is -4.83.